The van der Waals surface area contributed by atoms with Crippen molar-refractivity contribution in [3.05, 3.63) is 65.6 Å². The second kappa shape index (κ2) is 7.33. The molecule has 26 heavy (non-hydrogen) atoms. The zero-order valence-corrected chi connectivity index (χ0v) is 14.7. The Kier molecular flexibility index (Phi) is 4.75. The molecule has 1 aromatic carbocycles. The topological polar surface area (TPSA) is 55.1 Å². The molecule has 134 valence electrons. The molecule has 1 aliphatic heterocycles. The summed E-state index contributed by atoms with van der Waals surface area (Å²) in [6.45, 7) is 4.68. The molecular weight excluding hydrogens is 331 g/mol. The van der Waals surface area contributed by atoms with E-state index in [1.54, 1.807) is 18.5 Å². The van der Waals surface area contributed by atoms with Crippen molar-refractivity contribution in [2.24, 2.45) is 0 Å². The molecule has 0 atom stereocenters. The molecule has 0 N–H and O–H groups in total. The normalized spacial score (nSPS) is 16.1. The molecule has 0 unspecified atom stereocenters. The lowest BCUT2D eigenvalue weighted by Crippen LogP contribution is -2.32. The predicted octanol–water partition coefficient (Wildman–Crippen LogP) is 3.96. The Labute approximate surface area is 151 Å². The van der Waals surface area contributed by atoms with E-state index >= 15 is 0 Å². The maximum atomic E-state index is 13.5. The minimum absolute atomic E-state index is 0.172. The van der Waals surface area contributed by atoms with Crippen LogP contribution in [0.1, 0.15) is 35.8 Å². The van der Waals surface area contributed by atoms with Crippen LogP contribution in [0.15, 0.2) is 47.2 Å². The van der Waals surface area contributed by atoms with Gasteiger partial charge in [0.15, 0.2) is 0 Å². The summed E-state index contributed by atoms with van der Waals surface area (Å²) in [6, 6.07) is 8.78. The highest BCUT2D eigenvalue weighted by atomic mass is 19.1. The van der Waals surface area contributed by atoms with Gasteiger partial charge in [-0.15, -0.1) is 0 Å². The van der Waals surface area contributed by atoms with Crippen molar-refractivity contribution < 1.29 is 8.91 Å². The molecule has 1 aliphatic rings. The highest BCUT2D eigenvalue weighted by Gasteiger charge is 2.25. The Morgan fingerprint density at radius 3 is 2.85 bits per heavy atom. The Balaban J connectivity index is 1.38. The van der Waals surface area contributed by atoms with E-state index in [-0.39, 0.29) is 11.7 Å². The van der Waals surface area contributed by atoms with E-state index in [1.165, 1.54) is 6.07 Å². The molecule has 0 amide bonds. The molecule has 0 radical (unpaired) electrons. The number of benzene rings is 1. The zero-order valence-electron chi connectivity index (χ0n) is 14.7. The first-order chi connectivity index (χ1) is 12.7. The average Bonchev–Trinajstić information content (AvgIpc) is 3.16. The molecule has 0 saturated carbocycles. The molecule has 3 heterocycles. The fourth-order valence-electron chi connectivity index (χ4n) is 3.40. The maximum absolute atomic E-state index is 13.5. The lowest BCUT2D eigenvalue weighted by Gasteiger charge is -2.30. The highest BCUT2D eigenvalue weighted by Crippen LogP contribution is 2.29. The van der Waals surface area contributed by atoms with Crippen LogP contribution in [0.3, 0.4) is 0 Å². The van der Waals surface area contributed by atoms with Gasteiger partial charge in [0.2, 0.25) is 11.7 Å². The van der Waals surface area contributed by atoms with Gasteiger partial charge in [-0.05, 0) is 68.2 Å². The van der Waals surface area contributed by atoms with Crippen LogP contribution in [0, 0.1) is 12.7 Å². The van der Waals surface area contributed by atoms with Crippen molar-refractivity contribution in [2.75, 3.05) is 13.1 Å². The van der Waals surface area contributed by atoms with Crippen molar-refractivity contribution >= 4 is 0 Å². The number of likely N-dealkylation sites (tertiary alicyclic amines) is 1. The number of hydrogen-bond donors (Lipinski definition) is 0. The number of pyridine rings is 1. The van der Waals surface area contributed by atoms with Gasteiger partial charge in [-0.25, -0.2) is 4.39 Å². The maximum Gasteiger partial charge on any atom is 0.230 e. The average molecular weight is 352 g/mol. The summed E-state index contributed by atoms with van der Waals surface area (Å²) in [5.74, 6) is 1.39. The van der Waals surface area contributed by atoms with Crippen LogP contribution in [0.5, 0.6) is 0 Å². The van der Waals surface area contributed by atoms with Gasteiger partial charge in [0.25, 0.3) is 0 Å². The lowest BCUT2D eigenvalue weighted by molar-refractivity contribution is 0.187. The van der Waals surface area contributed by atoms with E-state index in [2.05, 4.69) is 20.0 Å². The molecule has 4 rings (SSSR count). The Hall–Kier alpha value is -2.60. The summed E-state index contributed by atoms with van der Waals surface area (Å²) in [5.41, 5.74) is 3.05. The van der Waals surface area contributed by atoms with Crippen molar-refractivity contribution in [2.45, 2.75) is 32.2 Å². The van der Waals surface area contributed by atoms with Gasteiger partial charge >= 0.3 is 0 Å². The Morgan fingerprint density at radius 2 is 2.08 bits per heavy atom. The minimum Gasteiger partial charge on any atom is -0.339 e. The second-order valence-electron chi connectivity index (χ2n) is 6.82. The van der Waals surface area contributed by atoms with Crippen LogP contribution in [0.25, 0.3) is 11.4 Å². The minimum atomic E-state index is -0.172. The third kappa shape index (κ3) is 3.65. The van der Waals surface area contributed by atoms with Crippen molar-refractivity contribution in [3.8, 4) is 11.4 Å². The highest BCUT2D eigenvalue weighted by molar-refractivity contribution is 5.51. The van der Waals surface area contributed by atoms with Gasteiger partial charge in [0, 0.05) is 30.4 Å². The predicted molar refractivity (Wildman–Crippen MR) is 95.9 cm³/mol. The number of aromatic nitrogens is 3. The van der Waals surface area contributed by atoms with Crippen LogP contribution in [-0.4, -0.2) is 33.1 Å². The molecule has 3 aromatic rings. The van der Waals surface area contributed by atoms with Crippen LogP contribution < -0.4 is 0 Å². The molecular formula is C20H21FN4O. The Morgan fingerprint density at radius 1 is 1.23 bits per heavy atom. The first-order valence-corrected chi connectivity index (χ1v) is 8.90. The lowest BCUT2D eigenvalue weighted by atomic mass is 9.96. The molecule has 0 bridgehead atoms. The number of rotatable bonds is 4. The van der Waals surface area contributed by atoms with Gasteiger partial charge in [0.05, 0.1) is 0 Å². The number of halogens is 1. The molecule has 1 saturated heterocycles. The van der Waals surface area contributed by atoms with Gasteiger partial charge in [0.1, 0.15) is 5.82 Å². The Bertz CT molecular complexity index is 873. The second-order valence-corrected chi connectivity index (χ2v) is 6.82. The van der Waals surface area contributed by atoms with E-state index < -0.39 is 0 Å². The van der Waals surface area contributed by atoms with Gasteiger partial charge < -0.3 is 4.52 Å². The summed E-state index contributed by atoms with van der Waals surface area (Å²) in [6.07, 6.45) is 5.38. The summed E-state index contributed by atoms with van der Waals surface area (Å²) in [4.78, 5) is 11.0. The van der Waals surface area contributed by atoms with Gasteiger partial charge in [-0.1, -0.05) is 11.2 Å². The number of aryl methyl sites for hydroxylation is 1. The van der Waals surface area contributed by atoms with Crippen molar-refractivity contribution in [1.29, 1.82) is 0 Å². The van der Waals surface area contributed by atoms with E-state index in [1.807, 2.05) is 25.1 Å². The third-order valence-electron chi connectivity index (χ3n) is 5.00. The fraction of sp³-hybridized carbons (Fsp3) is 0.350. The van der Waals surface area contributed by atoms with Crippen LogP contribution >= 0.6 is 0 Å². The van der Waals surface area contributed by atoms with Crippen LogP contribution in [-0.2, 0) is 6.54 Å². The quantitative estimate of drug-likeness (QED) is 0.711. The first kappa shape index (κ1) is 16.8. The van der Waals surface area contributed by atoms with Crippen LogP contribution in [0.4, 0.5) is 4.39 Å². The molecule has 6 heteroatoms. The number of hydrogen-bond acceptors (Lipinski definition) is 5. The van der Waals surface area contributed by atoms with Gasteiger partial charge in [-0.2, -0.15) is 4.98 Å². The van der Waals surface area contributed by atoms with E-state index in [0.29, 0.717) is 11.7 Å². The fourth-order valence-corrected chi connectivity index (χ4v) is 3.40. The summed E-state index contributed by atoms with van der Waals surface area (Å²) >= 11 is 0. The molecule has 0 spiro atoms. The van der Waals surface area contributed by atoms with Crippen molar-refractivity contribution in [1.82, 2.24) is 20.0 Å². The monoisotopic (exact) mass is 352 g/mol. The van der Waals surface area contributed by atoms with Gasteiger partial charge in [-0.3, -0.25) is 9.88 Å². The third-order valence-corrected chi connectivity index (χ3v) is 5.00. The number of piperidine rings is 1. The molecule has 2 aromatic heterocycles. The smallest absolute Gasteiger partial charge is 0.230 e. The van der Waals surface area contributed by atoms with E-state index in [4.69, 9.17) is 4.52 Å². The summed E-state index contributed by atoms with van der Waals surface area (Å²) in [7, 11) is 0. The zero-order chi connectivity index (χ0) is 17.9. The molecule has 5 nitrogen and oxygen atoms in total. The van der Waals surface area contributed by atoms with Crippen molar-refractivity contribution in [3.63, 3.8) is 0 Å². The van der Waals surface area contributed by atoms with E-state index in [9.17, 15) is 4.39 Å². The first-order valence-electron chi connectivity index (χ1n) is 8.90. The number of nitrogens with zero attached hydrogens (tertiary/aromatic N) is 4. The standard InChI is InChI=1S/C20H21FN4O/c1-14-4-5-18(21)11-17(14)13-25-9-6-15(7-10-25)20-23-19(24-26-20)16-3-2-8-22-12-16/h2-5,8,11-12,15H,6-7,9-10,13H2,1H3. The molecule has 1 fully saturated rings. The molecule has 0 aliphatic carbocycles. The summed E-state index contributed by atoms with van der Waals surface area (Å²) in [5, 5.41) is 4.09. The largest absolute Gasteiger partial charge is 0.339 e. The van der Waals surface area contributed by atoms with Crippen LogP contribution in [0.2, 0.25) is 0 Å². The van der Waals surface area contributed by atoms with E-state index in [0.717, 1.165) is 49.2 Å². The SMILES string of the molecule is Cc1ccc(F)cc1CN1CCC(c2nc(-c3cccnc3)no2)CC1. The summed E-state index contributed by atoms with van der Waals surface area (Å²) < 4.78 is 19.0.